The molecule has 0 aromatic carbocycles. The fourth-order valence-electron chi connectivity index (χ4n) is 4.21. The van der Waals surface area contributed by atoms with Crippen molar-refractivity contribution in [2.45, 2.75) is 58.3 Å². The Bertz CT molecular complexity index is 922. The summed E-state index contributed by atoms with van der Waals surface area (Å²) in [6.07, 6.45) is 2.86. The maximum Gasteiger partial charge on any atom is 0.270 e. The van der Waals surface area contributed by atoms with E-state index in [0.717, 1.165) is 40.2 Å². The van der Waals surface area contributed by atoms with Gasteiger partial charge in [0.1, 0.15) is 5.69 Å². The molecule has 2 amide bonds. The topological polar surface area (TPSA) is 63.6 Å². The highest BCUT2D eigenvalue weighted by molar-refractivity contribution is 9.11. The normalized spacial score (nSPS) is 19.8. The Kier molecular flexibility index (Phi) is 6.13. The molecule has 29 heavy (non-hydrogen) atoms. The molecule has 2 aliphatic rings. The average molecular weight is 480 g/mol. The van der Waals surface area contributed by atoms with Gasteiger partial charge in [-0.3, -0.25) is 9.59 Å². The Labute approximate surface area is 183 Å². The van der Waals surface area contributed by atoms with E-state index in [0.29, 0.717) is 31.0 Å². The van der Waals surface area contributed by atoms with E-state index in [2.05, 4.69) is 35.1 Å². The number of carbonyl (C=O) groups excluding carboxylic acids is 2. The lowest BCUT2D eigenvalue weighted by Crippen LogP contribution is -2.35. The number of likely N-dealkylation sites (tertiary alicyclic amines) is 1. The summed E-state index contributed by atoms with van der Waals surface area (Å²) in [7, 11) is 0. The summed E-state index contributed by atoms with van der Waals surface area (Å²) in [6, 6.07) is 5.98. The molecule has 0 aliphatic carbocycles. The van der Waals surface area contributed by atoms with Gasteiger partial charge in [-0.2, -0.15) is 0 Å². The Morgan fingerprint density at radius 2 is 2.21 bits per heavy atom. The van der Waals surface area contributed by atoms with Crippen LogP contribution in [0.2, 0.25) is 0 Å². The average Bonchev–Trinajstić information content (AvgIpc) is 3.43. The molecule has 4 heterocycles. The number of hydrogen-bond acceptors (Lipinski definition) is 4. The molecule has 2 aliphatic heterocycles. The van der Waals surface area contributed by atoms with Crippen molar-refractivity contribution < 1.29 is 14.3 Å². The van der Waals surface area contributed by atoms with Crippen LogP contribution in [-0.4, -0.2) is 40.5 Å². The van der Waals surface area contributed by atoms with Crippen LogP contribution in [0.5, 0.6) is 0 Å². The van der Waals surface area contributed by atoms with Crippen LogP contribution in [0, 0.1) is 0 Å². The number of rotatable bonds is 5. The van der Waals surface area contributed by atoms with Gasteiger partial charge in [0.15, 0.2) is 0 Å². The number of thiophene rings is 1. The van der Waals surface area contributed by atoms with E-state index in [9.17, 15) is 9.59 Å². The number of nitrogens with zero attached hydrogens (tertiary/aromatic N) is 2. The van der Waals surface area contributed by atoms with Crippen molar-refractivity contribution in [2.24, 2.45) is 0 Å². The van der Waals surface area contributed by atoms with Crippen molar-refractivity contribution in [3.05, 3.63) is 43.8 Å². The maximum absolute atomic E-state index is 13.2. The molecule has 4 rings (SSSR count). The second kappa shape index (κ2) is 8.62. The van der Waals surface area contributed by atoms with Gasteiger partial charge < -0.3 is 19.5 Å². The number of hydrogen-bond donors (Lipinski definition) is 1. The number of halogens is 1. The van der Waals surface area contributed by atoms with E-state index in [4.69, 9.17) is 4.74 Å². The van der Waals surface area contributed by atoms with Crippen molar-refractivity contribution in [1.82, 2.24) is 14.8 Å². The van der Waals surface area contributed by atoms with Gasteiger partial charge in [0.25, 0.3) is 11.8 Å². The molecule has 2 unspecified atom stereocenters. The van der Waals surface area contributed by atoms with Crippen molar-refractivity contribution in [3.8, 4) is 0 Å². The van der Waals surface area contributed by atoms with Crippen molar-refractivity contribution in [1.29, 1.82) is 0 Å². The lowest BCUT2D eigenvalue weighted by Gasteiger charge is -2.24. The fraction of sp³-hybridized carbons (Fsp3) is 0.524. The Balaban J connectivity index is 1.62. The largest absolute Gasteiger partial charge is 0.373 e. The van der Waals surface area contributed by atoms with Gasteiger partial charge >= 0.3 is 0 Å². The van der Waals surface area contributed by atoms with Crippen LogP contribution in [0.4, 0.5) is 0 Å². The second-order valence-electron chi connectivity index (χ2n) is 7.66. The van der Waals surface area contributed by atoms with Crippen LogP contribution < -0.4 is 5.32 Å². The third-order valence-electron chi connectivity index (χ3n) is 5.84. The van der Waals surface area contributed by atoms with E-state index in [-0.39, 0.29) is 23.9 Å². The summed E-state index contributed by atoms with van der Waals surface area (Å²) < 4.78 is 8.64. The van der Waals surface area contributed by atoms with E-state index in [1.54, 1.807) is 17.4 Å². The molecule has 2 aromatic rings. The molecule has 2 atom stereocenters. The highest BCUT2D eigenvalue weighted by Crippen LogP contribution is 2.30. The van der Waals surface area contributed by atoms with Crippen LogP contribution >= 0.6 is 27.3 Å². The van der Waals surface area contributed by atoms with Gasteiger partial charge in [-0.15, -0.1) is 11.3 Å². The number of aromatic nitrogens is 1. The smallest absolute Gasteiger partial charge is 0.270 e. The zero-order valence-electron chi connectivity index (χ0n) is 16.7. The molecule has 1 N–H and O–H groups in total. The van der Waals surface area contributed by atoms with Crippen LogP contribution in [0.15, 0.2) is 22.0 Å². The number of carbonyl (C=O) groups is 2. The molecule has 0 bridgehead atoms. The number of nitrogens with one attached hydrogen (secondary N) is 1. The molecule has 0 spiro atoms. The van der Waals surface area contributed by atoms with E-state index in [1.807, 2.05) is 21.6 Å². The molecule has 8 heteroatoms. The molecule has 1 fully saturated rings. The van der Waals surface area contributed by atoms with Gasteiger partial charge in [0.05, 0.1) is 34.3 Å². The molecule has 156 valence electrons. The summed E-state index contributed by atoms with van der Waals surface area (Å²) in [5.41, 5.74) is 1.95. The SMILES string of the molecule is CCC(NC(=O)c1cc(C(=O)N2CCCC2C)n2c1COCC2)c1ccc(Br)s1. The highest BCUT2D eigenvalue weighted by Gasteiger charge is 2.32. The minimum atomic E-state index is -0.149. The third-order valence-corrected chi connectivity index (χ3v) is 7.57. The summed E-state index contributed by atoms with van der Waals surface area (Å²) in [6.45, 7) is 6.43. The summed E-state index contributed by atoms with van der Waals surface area (Å²) in [5, 5.41) is 3.15. The first-order valence-electron chi connectivity index (χ1n) is 10.2. The van der Waals surface area contributed by atoms with Crippen molar-refractivity contribution in [2.75, 3.05) is 13.2 Å². The Hall–Kier alpha value is -1.64. The van der Waals surface area contributed by atoms with Crippen LogP contribution in [0.3, 0.4) is 0 Å². The van der Waals surface area contributed by atoms with Gasteiger partial charge in [0, 0.05) is 24.0 Å². The van der Waals surface area contributed by atoms with Crippen molar-refractivity contribution >= 4 is 39.1 Å². The number of fused-ring (bicyclic) bond motifs is 1. The monoisotopic (exact) mass is 479 g/mol. The molecule has 0 radical (unpaired) electrons. The standard InChI is InChI=1S/C21H26BrN3O3S/c1-3-15(18-6-7-19(22)29-18)23-20(26)14-11-16(25-9-10-28-12-17(14)25)21(27)24-8-4-5-13(24)2/h6-7,11,13,15H,3-5,8-10,12H2,1-2H3,(H,23,26). The maximum atomic E-state index is 13.2. The van der Waals surface area contributed by atoms with E-state index in [1.165, 1.54) is 0 Å². The van der Waals surface area contributed by atoms with Gasteiger partial charge in [-0.05, 0) is 60.3 Å². The predicted octanol–water partition coefficient (Wildman–Crippen LogP) is 4.35. The van der Waals surface area contributed by atoms with Crippen LogP contribution in [-0.2, 0) is 17.9 Å². The zero-order valence-corrected chi connectivity index (χ0v) is 19.1. The van der Waals surface area contributed by atoms with Crippen LogP contribution in [0.25, 0.3) is 0 Å². The number of ether oxygens (including phenoxy) is 1. The van der Waals surface area contributed by atoms with E-state index < -0.39 is 0 Å². The van der Waals surface area contributed by atoms with Crippen LogP contribution in [0.1, 0.15) is 70.6 Å². The molecule has 0 saturated carbocycles. The van der Waals surface area contributed by atoms with Gasteiger partial charge in [0.2, 0.25) is 0 Å². The summed E-state index contributed by atoms with van der Waals surface area (Å²) in [4.78, 5) is 29.4. The molecule has 1 saturated heterocycles. The lowest BCUT2D eigenvalue weighted by molar-refractivity contribution is 0.0683. The summed E-state index contributed by atoms with van der Waals surface area (Å²) >= 11 is 5.11. The molecule has 2 aromatic heterocycles. The first-order chi connectivity index (χ1) is 14.0. The van der Waals surface area contributed by atoms with Gasteiger partial charge in [-0.25, -0.2) is 0 Å². The molecular weight excluding hydrogens is 454 g/mol. The highest BCUT2D eigenvalue weighted by atomic mass is 79.9. The van der Waals surface area contributed by atoms with Gasteiger partial charge in [-0.1, -0.05) is 6.92 Å². The number of amides is 2. The third kappa shape index (κ3) is 4.02. The zero-order chi connectivity index (χ0) is 20.5. The minimum absolute atomic E-state index is 0.0198. The minimum Gasteiger partial charge on any atom is -0.373 e. The molecule has 6 nitrogen and oxygen atoms in total. The Morgan fingerprint density at radius 3 is 2.86 bits per heavy atom. The predicted molar refractivity (Wildman–Crippen MR) is 116 cm³/mol. The summed E-state index contributed by atoms with van der Waals surface area (Å²) in [5.74, 6) is -0.129. The second-order valence-corrected chi connectivity index (χ2v) is 10.2. The Morgan fingerprint density at radius 1 is 1.38 bits per heavy atom. The quantitative estimate of drug-likeness (QED) is 0.693. The van der Waals surface area contributed by atoms with E-state index >= 15 is 0 Å². The lowest BCUT2D eigenvalue weighted by atomic mass is 10.1. The first kappa shape index (κ1) is 20.6. The fourth-order valence-corrected chi connectivity index (χ4v) is 5.76. The first-order valence-corrected chi connectivity index (χ1v) is 11.8. The van der Waals surface area contributed by atoms with Crippen molar-refractivity contribution in [3.63, 3.8) is 0 Å². The molecular formula is C21H26BrN3O3S.